The Morgan fingerprint density at radius 1 is 1.11 bits per heavy atom. The molecule has 10 nitrogen and oxygen atoms in total. The molecule has 4 aliphatic heterocycles. The van der Waals surface area contributed by atoms with E-state index in [-0.39, 0.29) is 17.9 Å². The van der Waals surface area contributed by atoms with Crippen LogP contribution in [0.3, 0.4) is 0 Å². The fourth-order valence-corrected chi connectivity index (χ4v) is 6.99. The van der Waals surface area contributed by atoms with Crippen LogP contribution in [0, 0.1) is 10.8 Å². The molecule has 248 valence electrons. The summed E-state index contributed by atoms with van der Waals surface area (Å²) in [6, 6.07) is 12.9. The third-order valence-electron chi connectivity index (χ3n) is 9.61. The fourth-order valence-electron chi connectivity index (χ4n) is 6.86. The zero-order valence-corrected chi connectivity index (χ0v) is 27.4. The number of carbonyl (C=O) groups is 2. The van der Waals surface area contributed by atoms with Gasteiger partial charge in [-0.05, 0) is 98.3 Å². The number of likely N-dealkylation sites (tertiary alicyclic amines) is 2. The molecule has 0 saturated carbocycles. The van der Waals surface area contributed by atoms with Gasteiger partial charge in [0.25, 0.3) is 0 Å². The molecule has 6 rings (SSSR count). The quantitative estimate of drug-likeness (QED) is 0.254. The Morgan fingerprint density at radius 2 is 1.87 bits per heavy atom. The summed E-state index contributed by atoms with van der Waals surface area (Å²) in [5.41, 5.74) is 3.21. The molecule has 2 aromatic rings. The average molecular weight is 661 g/mol. The van der Waals surface area contributed by atoms with Crippen LogP contribution in [-0.2, 0) is 15.1 Å². The van der Waals surface area contributed by atoms with Crippen molar-refractivity contribution in [3.63, 3.8) is 0 Å². The van der Waals surface area contributed by atoms with Crippen LogP contribution < -0.4 is 14.8 Å². The second-order valence-corrected chi connectivity index (χ2v) is 12.9. The second kappa shape index (κ2) is 14.7. The number of allylic oxidation sites excluding steroid dienone is 2. The van der Waals surface area contributed by atoms with Gasteiger partial charge in [-0.25, -0.2) is 4.79 Å². The molecule has 11 heteroatoms. The predicted molar refractivity (Wildman–Crippen MR) is 180 cm³/mol. The maximum atomic E-state index is 13.1. The molecule has 1 N–H and O–H groups in total. The predicted octanol–water partition coefficient (Wildman–Crippen LogP) is 6.45. The number of fused-ring (bicyclic) bond motifs is 2. The van der Waals surface area contributed by atoms with Gasteiger partial charge >= 0.3 is 12.1 Å². The molecule has 1 unspecified atom stereocenters. The van der Waals surface area contributed by atoms with Crippen molar-refractivity contribution in [2.24, 2.45) is 11.1 Å². The lowest BCUT2D eigenvalue weighted by atomic mass is 9.82. The Morgan fingerprint density at radius 3 is 2.60 bits per heavy atom. The SMILES string of the molecule is CCOC(=O)C1CCN(C(=O)Oc2ccc3c(c2)/C(=C/CCN2CCC(N=O)(c4ccc(Cl)cc4)CC2)C2=CC=CNC2CO3)CC1. The van der Waals surface area contributed by atoms with Gasteiger partial charge in [0.15, 0.2) is 0 Å². The molecular weight excluding hydrogens is 620 g/mol. The Hall–Kier alpha value is -4.15. The highest BCUT2D eigenvalue weighted by Crippen LogP contribution is 2.40. The first-order valence-corrected chi connectivity index (χ1v) is 16.8. The Labute approximate surface area is 280 Å². The van der Waals surface area contributed by atoms with E-state index in [1.165, 1.54) is 0 Å². The summed E-state index contributed by atoms with van der Waals surface area (Å²) in [5, 5.41) is 7.65. The van der Waals surface area contributed by atoms with E-state index in [4.69, 9.17) is 25.8 Å². The Bertz CT molecular complexity index is 1560. The zero-order chi connectivity index (χ0) is 32.8. The fraction of sp³-hybridized carbons (Fsp3) is 0.444. The number of hydrogen-bond acceptors (Lipinski definition) is 9. The van der Waals surface area contributed by atoms with E-state index in [2.05, 4.69) is 27.5 Å². The number of hydrogen-bond donors (Lipinski definition) is 1. The number of carbonyl (C=O) groups excluding carboxylic acids is 2. The van der Waals surface area contributed by atoms with Crippen molar-refractivity contribution in [2.75, 3.05) is 45.9 Å². The molecule has 1 atom stereocenters. The molecule has 0 aromatic heterocycles. The number of nitrogens with one attached hydrogen (secondary N) is 1. The van der Waals surface area contributed by atoms with Crippen LogP contribution in [0.2, 0.25) is 5.02 Å². The molecule has 0 bridgehead atoms. The van der Waals surface area contributed by atoms with Gasteiger partial charge in [0.2, 0.25) is 0 Å². The van der Waals surface area contributed by atoms with Crippen molar-refractivity contribution in [3.8, 4) is 11.5 Å². The average Bonchev–Trinajstić information content (AvgIpc) is 3.25. The minimum absolute atomic E-state index is 0.0148. The maximum Gasteiger partial charge on any atom is 0.415 e. The minimum atomic E-state index is -0.722. The van der Waals surface area contributed by atoms with Crippen LogP contribution in [0.5, 0.6) is 11.5 Å². The summed E-state index contributed by atoms with van der Waals surface area (Å²) in [4.78, 5) is 41.3. The first kappa shape index (κ1) is 32.8. The number of rotatable bonds is 8. The van der Waals surface area contributed by atoms with E-state index in [1.807, 2.05) is 48.7 Å². The van der Waals surface area contributed by atoms with Crippen LogP contribution in [0.1, 0.15) is 50.2 Å². The monoisotopic (exact) mass is 660 g/mol. The molecular formula is C36H41ClN4O6. The highest BCUT2D eigenvalue weighted by Gasteiger charge is 2.38. The molecule has 47 heavy (non-hydrogen) atoms. The maximum absolute atomic E-state index is 13.1. The Balaban J connectivity index is 1.14. The highest BCUT2D eigenvalue weighted by molar-refractivity contribution is 6.30. The van der Waals surface area contributed by atoms with Crippen molar-refractivity contribution >= 4 is 29.2 Å². The van der Waals surface area contributed by atoms with E-state index in [1.54, 1.807) is 17.9 Å². The van der Waals surface area contributed by atoms with E-state index in [0.29, 0.717) is 62.8 Å². The molecule has 0 radical (unpaired) electrons. The number of ether oxygens (including phenoxy) is 3. The molecule has 0 spiro atoms. The van der Waals surface area contributed by atoms with E-state index in [0.717, 1.165) is 54.1 Å². The number of nitroso groups, excluding NO2 is 1. The number of esters is 1. The largest absolute Gasteiger partial charge is 0.490 e. The summed E-state index contributed by atoms with van der Waals surface area (Å²) in [7, 11) is 0. The van der Waals surface area contributed by atoms with Crippen molar-refractivity contribution in [3.05, 3.63) is 93.5 Å². The number of dihydropyridines is 1. The highest BCUT2D eigenvalue weighted by atomic mass is 35.5. The smallest absolute Gasteiger partial charge is 0.415 e. The molecule has 0 aliphatic carbocycles. The summed E-state index contributed by atoms with van der Waals surface area (Å²) in [5.74, 6) is 0.777. The number of piperidine rings is 2. The normalized spacial score (nSPS) is 21.7. The van der Waals surface area contributed by atoms with Crippen LogP contribution in [0.15, 0.2) is 77.6 Å². The van der Waals surface area contributed by atoms with Gasteiger partial charge in [-0.2, -0.15) is 0 Å². The minimum Gasteiger partial charge on any atom is -0.490 e. The lowest BCUT2D eigenvalue weighted by molar-refractivity contribution is -0.149. The third kappa shape index (κ3) is 7.39. The topological polar surface area (TPSA) is 110 Å². The van der Waals surface area contributed by atoms with Crippen molar-refractivity contribution < 1.29 is 23.8 Å². The van der Waals surface area contributed by atoms with Gasteiger partial charge in [0, 0.05) is 43.3 Å². The molecule has 2 aromatic carbocycles. The lowest BCUT2D eigenvalue weighted by Gasteiger charge is -2.37. The number of nitrogens with zero attached hydrogens (tertiary/aromatic N) is 3. The second-order valence-electron chi connectivity index (χ2n) is 12.4. The summed E-state index contributed by atoms with van der Waals surface area (Å²) >= 11 is 6.07. The first-order chi connectivity index (χ1) is 22.9. The van der Waals surface area contributed by atoms with E-state index in [9.17, 15) is 14.5 Å². The van der Waals surface area contributed by atoms with Gasteiger partial charge in [0.05, 0.1) is 18.6 Å². The van der Waals surface area contributed by atoms with E-state index < -0.39 is 11.6 Å². The molecule has 2 fully saturated rings. The van der Waals surface area contributed by atoms with Crippen LogP contribution in [-0.4, -0.2) is 73.8 Å². The van der Waals surface area contributed by atoms with Crippen LogP contribution in [0.4, 0.5) is 4.79 Å². The number of benzene rings is 2. The standard InChI is InChI=1S/C36H41ClN4O6/c1-2-45-34(42)25-13-19-41(20-14-25)35(43)47-28-11-12-33-31(23-28)29(30-5-3-17-38-32(30)24-46-33)6-4-18-40-21-15-36(39-44,16-22-40)26-7-9-27(37)10-8-26/h3,5-12,17,23,25,32,38H,2,4,13-16,18-22,24H2,1H3/b29-6+. The molecule has 4 aliphatic rings. The van der Waals surface area contributed by atoms with Gasteiger partial charge in [0.1, 0.15) is 23.6 Å². The van der Waals surface area contributed by atoms with Crippen molar-refractivity contribution in [1.82, 2.24) is 15.1 Å². The number of amides is 1. The molecule has 1 amide bonds. The number of halogens is 1. The van der Waals surface area contributed by atoms with Gasteiger partial charge < -0.3 is 29.3 Å². The van der Waals surface area contributed by atoms with Gasteiger partial charge in [-0.3, -0.25) is 4.79 Å². The Kier molecular flexibility index (Phi) is 10.3. The van der Waals surface area contributed by atoms with Gasteiger partial charge in [-0.15, -0.1) is 4.91 Å². The van der Waals surface area contributed by atoms with Crippen molar-refractivity contribution in [1.29, 1.82) is 0 Å². The van der Waals surface area contributed by atoms with Crippen molar-refractivity contribution in [2.45, 2.75) is 50.6 Å². The van der Waals surface area contributed by atoms with Crippen LogP contribution >= 0.6 is 11.6 Å². The summed E-state index contributed by atoms with van der Waals surface area (Å²) < 4.78 is 17.2. The zero-order valence-electron chi connectivity index (χ0n) is 26.7. The van der Waals surface area contributed by atoms with Gasteiger partial charge in [-0.1, -0.05) is 41.1 Å². The lowest BCUT2D eigenvalue weighted by Crippen LogP contribution is -2.42. The summed E-state index contributed by atoms with van der Waals surface area (Å²) in [6.07, 6.45) is 11.0. The molecule has 4 heterocycles. The third-order valence-corrected chi connectivity index (χ3v) is 9.87. The first-order valence-electron chi connectivity index (χ1n) is 16.5. The van der Waals surface area contributed by atoms with E-state index >= 15 is 0 Å². The molecule has 2 saturated heterocycles. The van der Waals surface area contributed by atoms with Crippen LogP contribution in [0.25, 0.3) is 5.57 Å². The summed E-state index contributed by atoms with van der Waals surface area (Å²) in [6.45, 7) is 5.85.